The summed E-state index contributed by atoms with van der Waals surface area (Å²) < 4.78 is 0. The van der Waals surface area contributed by atoms with Gasteiger partial charge in [-0.05, 0) is 49.8 Å². The molecule has 0 saturated heterocycles. The van der Waals surface area contributed by atoms with E-state index in [9.17, 15) is 10.1 Å². The van der Waals surface area contributed by atoms with Gasteiger partial charge in [0.15, 0.2) is 10.2 Å². The van der Waals surface area contributed by atoms with E-state index in [1.165, 1.54) is 24.6 Å². The van der Waals surface area contributed by atoms with Crippen LogP contribution < -0.4 is 21.5 Å². The summed E-state index contributed by atoms with van der Waals surface area (Å²) >= 11 is 16.4. The van der Waals surface area contributed by atoms with Gasteiger partial charge in [-0.15, -0.1) is 0 Å². The first-order chi connectivity index (χ1) is 12.2. The summed E-state index contributed by atoms with van der Waals surface area (Å²) in [4.78, 5) is 10.3. The number of non-ortho nitro benzene ring substituents is 1. The Morgan fingerprint density at radius 1 is 1.19 bits per heavy atom. The summed E-state index contributed by atoms with van der Waals surface area (Å²) in [6.07, 6.45) is 3.33. The monoisotopic (exact) mass is 417 g/mol. The normalized spacial score (nSPS) is 11.6. The van der Waals surface area contributed by atoms with Crippen molar-refractivity contribution >= 4 is 57.6 Å². The predicted molar refractivity (Wildman–Crippen MR) is 114 cm³/mol. The molecule has 1 atom stereocenters. The molecule has 1 rings (SSSR count). The van der Waals surface area contributed by atoms with Gasteiger partial charge in [0.1, 0.15) is 0 Å². The number of benzene rings is 1. The number of nitro benzene ring substituents is 1. The maximum absolute atomic E-state index is 10.8. The molecule has 0 aromatic heterocycles. The van der Waals surface area contributed by atoms with Crippen molar-refractivity contribution in [2.75, 3.05) is 5.32 Å². The van der Waals surface area contributed by atoms with Gasteiger partial charge in [-0.2, -0.15) is 0 Å². The minimum atomic E-state index is -0.504. The van der Waals surface area contributed by atoms with Crippen molar-refractivity contribution in [1.82, 2.24) is 16.2 Å². The number of nitrogens with zero attached hydrogens (tertiary/aromatic N) is 1. The zero-order chi connectivity index (χ0) is 19.7. The maximum Gasteiger partial charge on any atom is 0.271 e. The molecule has 0 spiro atoms. The van der Waals surface area contributed by atoms with E-state index in [0.29, 0.717) is 21.7 Å². The molecule has 1 aromatic rings. The molecular weight excluding hydrogens is 394 g/mol. The van der Waals surface area contributed by atoms with E-state index in [1.54, 1.807) is 0 Å². The summed E-state index contributed by atoms with van der Waals surface area (Å²) in [7, 11) is 0. The molecule has 0 amide bonds. The van der Waals surface area contributed by atoms with Crippen molar-refractivity contribution in [1.29, 1.82) is 0 Å². The van der Waals surface area contributed by atoms with E-state index in [2.05, 4.69) is 42.3 Å². The number of hydrazine groups is 1. The van der Waals surface area contributed by atoms with Crippen molar-refractivity contribution in [3.63, 3.8) is 0 Å². The van der Waals surface area contributed by atoms with Gasteiger partial charge in [-0.3, -0.25) is 21.0 Å². The van der Waals surface area contributed by atoms with Crippen molar-refractivity contribution < 1.29 is 4.92 Å². The van der Waals surface area contributed by atoms with Crippen LogP contribution in [0.2, 0.25) is 5.02 Å². The molecule has 0 radical (unpaired) electrons. The number of halogens is 1. The summed E-state index contributed by atoms with van der Waals surface area (Å²) in [6, 6.07) is 4.30. The van der Waals surface area contributed by atoms with Crippen LogP contribution in [0.1, 0.15) is 40.0 Å². The molecule has 10 heteroatoms. The zero-order valence-corrected chi connectivity index (χ0v) is 17.4. The first kappa shape index (κ1) is 22.3. The molecule has 0 aliphatic carbocycles. The molecule has 144 valence electrons. The summed E-state index contributed by atoms with van der Waals surface area (Å²) in [6.45, 7) is 6.47. The second-order valence-corrected chi connectivity index (χ2v) is 7.55. The van der Waals surface area contributed by atoms with Crippen LogP contribution in [0.4, 0.5) is 11.4 Å². The highest BCUT2D eigenvalue weighted by atomic mass is 35.5. The fourth-order valence-electron chi connectivity index (χ4n) is 2.15. The Kier molecular flexibility index (Phi) is 9.53. The summed E-state index contributed by atoms with van der Waals surface area (Å²) in [5.74, 6) is 0.693. The Labute approximate surface area is 169 Å². The standard InChI is InChI=1S/C16H24ClN5O2S2/c1-10(2)5-4-6-11(3)18-15(25)20-21-16(26)19-14-9-12(22(23)24)7-8-13(14)17/h7-11H,4-6H2,1-3H3,(H2,18,20,25)(H2,19,21,26)/t11-/m1/s1. The van der Waals surface area contributed by atoms with Crippen LogP contribution >= 0.6 is 36.0 Å². The van der Waals surface area contributed by atoms with Gasteiger partial charge in [-0.1, -0.05) is 38.3 Å². The third-order valence-corrected chi connectivity index (χ3v) is 4.25. The first-order valence-electron chi connectivity index (χ1n) is 8.26. The predicted octanol–water partition coefficient (Wildman–Crippen LogP) is 4.13. The molecular formula is C16H24ClN5O2S2. The van der Waals surface area contributed by atoms with Gasteiger partial charge >= 0.3 is 0 Å². The second-order valence-electron chi connectivity index (χ2n) is 6.32. The Morgan fingerprint density at radius 3 is 2.46 bits per heavy atom. The van der Waals surface area contributed by atoms with Gasteiger partial charge in [0.2, 0.25) is 0 Å². The minimum Gasteiger partial charge on any atom is -0.359 e. The van der Waals surface area contributed by atoms with Crippen LogP contribution in [0.25, 0.3) is 0 Å². The van der Waals surface area contributed by atoms with Crippen LogP contribution in [0.3, 0.4) is 0 Å². The van der Waals surface area contributed by atoms with E-state index < -0.39 is 4.92 Å². The number of nitrogens with one attached hydrogen (secondary N) is 4. The van der Waals surface area contributed by atoms with Crippen molar-refractivity contribution in [3.05, 3.63) is 33.3 Å². The molecule has 7 nitrogen and oxygen atoms in total. The van der Waals surface area contributed by atoms with Crippen LogP contribution in [0.15, 0.2) is 18.2 Å². The fourth-order valence-corrected chi connectivity index (χ4v) is 2.73. The number of rotatable bonds is 7. The lowest BCUT2D eigenvalue weighted by atomic mass is 10.0. The molecule has 4 N–H and O–H groups in total. The molecule has 0 fully saturated rings. The quantitative estimate of drug-likeness (QED) is 0.299. The van der Waals surface area contributed by atoms with E-state index in [-0.39, 0.29) is 16.8 Å². The van der Waals surface area contributed by atoms with Crippen LogP contribution in [0.5, 0.6) is 0 Å². The Hall–Kier alpha value is -1.71. The number of hydrogen-bond acceptors (Lipinski definition) is 4. The summed E-state index contributed by atoms with van der Waals surface area (Å²) in [5, 5.41) is 17.7. The highest BCUT2D eigenvalue weighted by Crippen LogP contribution is 2.26. The second kappa shape index (κ2) is 11.1. The van der Waals surface area contributed by atoms with Gasteiger partial charge in [0.05, 0.1) is 15.6 Å². The molecule has 0 aliphatic rings. The van der Waals surface area contributed by atoms with Crippen molar-refractivity contribution in [3.8, 4) is 0 Å². The van der Waals surface area contributed by atoms with Gasteiger partial charge < -0.3 is 10.6 Å². The lowest BCUT2D eigenvalue weighted by Crippen LogP contribution is -2.50. The average molecular weight is 418 g/mol. The molecule has 0 saturated carbocycles. The third kappa shape index (κ3) is 8.59. The van der Waals surface area contributed by atoms with Crippen molar-refractivity contribution in [2.24, 2.45) is 5.92 Å². The highest BCUT2D eigenvalue weighted by Gasteiger charge is 2.11. The number of nitro groups is 1. The fraction of sp³-hybridized carbons (Fsp3) is 0.500. The van der Waals surface area contributed by atoms with E-state index in [4.69, 9.17) is 36.0 Å². The van der Waals surface area contributed by atoms with Gasteiger partial charge in [-0.25, -0.2) is 0 Å². The smallest absolute Gasteiger partial charge is 0.271 e. The van der Waals surface area contributed by atoms with E-state index in [1.807, 2.05) is 0 Å². The van der Waals surface area contributed by atoms with E-state index in [0.717, 1.165) is 12.8 Å². The SMILES string of the molecule is CC(C)CCC[C@@H](C)NC(=S)NNC(=S)Nc1cc([N+](=O)[O-])ccc1Cl. The lowest BCUT2D eigenvalue weighted by molar-refractivity contribution is -0.384. The van der Waals surface area contributed by atoms with Crippen LogP contribution in [-0.2, 0) is 0 Å². The zero-order valence-electron chi connectivity index (χ0n) is 15.0. The number of anilines is 1. The number of thiocarbonyl (C=S) groups is 2. The topological polar surface area (TPSA) is 91.3 Å². The largest absolute Gasteiger partial charge is 0.359 e. The van der Waals surface area contributed by atoms with E-state index >= 15 is 0 Å². The molecule has 0 bridgehead atoms. The van der Waals surface area contributed by atoms with Gasteiger partial charge in [0.25, 0.3) is 5.69 Å². The highest BCUT2D eigenvalue weighted by molar-refractivity contribution is 7.80. The Morgan fingerprint density at radius 2 is 1.85 bits per heavy atom. The molecule has 0 heterocycles. The first-order valence-corrected chi connectivity index (χ1v) is 9.46. The number of hydrogen-bond donors (Lipinski definition) is 4. The molecule has 1 aromatic carbocycles. The minimum absolute atomic E-state index is 0.0833. The van der Waals surface area contributed by atoms with Crippen LogP contribution in [0, 0.1) is 16.0 Å². The molecule has 0 unspecified atom stereocenters. The maximum atomic E-state index is 10.8. The van der Waals surface area contributed by atoms with Crippen LogP contribution in [-0.4, -0.2) is 21.2 Å². The van der Waals surface area contributed by atoms with Gasteiger partial charge in [0, 0.05) is 18.2 Å². The molecule has 0 aliphatic heterocycles. The third-order valence-electron chi connectivity index (χ3n) is 3.49. The van der Waals surface area contributed by atoms with Crippen molar-refractivity contribution in [2.45, 2.75) is 46.1 Å². The Bertz CT molecular complexity index is 658. The molecule has 26 heavy (non-hydrogen) atoms. The summed E-state index contributed by atoms with van der Waals surface area (Å²) in [5.41, 5.74) is 5.75. The average Bonchev–Trinajstić information content (AvgIpc) is 2.54. The lowest BCUT2D eigenvalue weighted by Gasteiger charge is -2.19. The Balaban J connectivity index is 2.41.